The maximum atomic E-state index is 13.4. The molecule has 18 heavy (non-hydrogen) atoms. The Kier molecular flexibility index (Phi) is 4.33. The average molecular weight is 252 g/mol. The van der Waals surface area contributed by atoms with Crippen molar-refractivity contribution in [1.82, 2.24) is 4.90 Å². The van der Waals surface area contributed by atoms with Crippen molar-refractivity contribution in [3.05, 3.63) is 30.1 Å². The monoisotopic (exact) mass is 252 g/mol. The minimum Gasteiger partial charge on any atom is -0.324 e. The molecular formula is C14H21FN2O. The molecule has 0 fully saturated rings. The van der Waals surface area contributed by atoms with Gasteiger partial charge in [0.05, 0.1) is 5.69 Å². The first-order valence-electron chi connectivity index (χ1n) is 6.02. The molecule has 100 valence electrons. The summed E-state index contributed by atoms with van der Waals surface area (Å²) in [6, 6.07) is 5.89. The van der Waals surface area contributed by atoms with Gasteiger partial charge in [-0.2, -0.15) is 0 Å². The fourth-order valence-corrected chi connectivity index (χ4v) is 1.52. The van der Waals surface area contributed by atoms with E-state index >= 15 is 0 Å². The molecule has 1 unspecified atom stereocenters. The number of rotatable bonds is 2. The van der Waals surface area contributed by atoms with Crippen LogP contribution in [0.3, 0.4) is 0 Å². The number of carbonyl (C=O) groups excluding carboxylic acids is 1. The second kappa shape index (κ2) is 5.38. The first-order valence-corrected chi connectivity index (χ1v) is 6.02. The summed E-state index contributed by atoms with van der Waals surface area (Å²) in [5, 5.41) is 2.57. The van der Waals surface area contributed by atoms with E-state index in [-0.39, 0.29) is 23.2 Å². The zero-order valence-corrected chi connectivity index (χ0v) is 11.6. The van der Waals surface area contributed by atoms with E-state index in [9.17, 15) is 9.18 Å². The summed E-state index contributed by atoms with van der Waals surface area (Å²) >= 11 is 0. The van der Waals surface area contributed by atoms with Gasteiger partial charge in [0, 0.05) is 13.1 Å². The van der Waals surface area contributed by atoms with Crippen LogP contribution >= 0.6 is 0 Å². The fraction of sp³-hybridized carbons (Fsp3) is 0.500. The molecule has 0 aliphatic rings. The normalized spacial score (nSPS) is 13.0. The average Bonchev–Trinajstić information content (AvgIpc) is 2.29. The zero-order chi connectivity index (χ0) is 13.9. The highest BCUT2D eigenvalue weighted by molar-refractivity contribution is 5.89. The molecule has 0 saturated heterocycles. The van der Waals surface area contributed by atoms with Crippen LogP contribution in [0, 0.1) is 11.2 Å². The standard InChI is InChI=1S/C14H21FN2O/c1-10(14(2,3)4)17(5)13(18)16-12-9-7-6-8-11(12)15/h6-10H,1-5H3,(H,16,18). The highest BCUT2D eigenvalue weighted by Gasteiger charge is 2.27. The lowest BCUT2D eigenvalue weighted by Crippen LogP contribution is -2.45. The number of benzene rings is 1. The molecule has 0 saturated carbocycles. The fourth-order valence-electron chi connectivity index (χ4n) is 1.52. The van der Waals surface area contributed by atoms with E-state index in [4.69, 9.17) is 0 Å². The Morgan fingerprint density at radius 2 is 1.89 bits per heavy atom. The van der Waals surface area contributed by atoms with Crippen LogP contribution in [-0.2, 0) is 0 Å². The Morgan fingerprint density at radius 1 is 1.33 bits per heavy atom. The molecule has 3 nitrogen and oxygen atoms in total. The van der Waals surface area contributed by atoms with Crippen molar-refractivity contribution in [2.45, 2.75) is 33.7 Å². The van der Waals surface area contributed by atoms with Crippen molar-refractivity contribution in [2.75, 3.05) is 12.4 Å². The van der Waals surface area contributed by atoms with Gasteiger partial charge in [0.1, 0.15) is 5.82 Å². The molecule has 1 N–H and O–H groups in total. The molecule has 0 radical (unpaired) electrons. The Morgan fingerprint density at radius 3 is 2.39 bits per heavy atom. The molecule has 2 amide bonds. The molecule has 0 spiro atoms. The van der Waals surface area contributed by atoms with Gasteiger partial charge in [-0.1, -0.05) is 32.9 Å². The van der Waals surface area contributed by atoms with E-state index in [1.54, 1.807) is 30.1 Å². The number of carbonyl (C=O) groups is 1. The minimum atomic E-state index is -0.428. The molecular weight excluding hydrogens is 231 g/mol. The van der Waals surface area contributed by atoms with Gasteiger partial charge >= 0.3 is 6.03 Å². The van der Waals surface area contributed by atoms with E-state index in [2.05, 4.69) is 26.1 Å². The van der Waals surface area contributed by atoms with E-state index in [0.717, 1.165) is 0 Å². The van der Waals surface area contributed by atoms with Crippen LogP contribution in [0.25, 0.3) is 0 Å². The van der Waals surface area contributed by atoms with Crippen molar-refractivity contribution in [3.8, 4) is 0 Å². The van der Waals surface area contributed by atoms with Crippen molar-refractivity contribution in [3.63, 3.8) is 0 Å². The third-order valence-electron chi connectivity index (χ3n) is 3.27. The first-order chi connectivity index (χ1) is 8.23. The quantitative estimate of drug-likeness (QED) is 0.854. The van der Waals surface area contributed by atoms with Crippen LogP contribution < -0.4 is 5.32 Å². The molecule has 1 aromatic rings. The molecule has 0 aliphatic heterocycles. The topological polar surface area (TPSA) is 32.3 Å². The Hall–Kier alpha value is -1.58. The van der Waals surface area contributed by atoms with Gasteiger partial charge in [0.2, 0.25) is 0 Å². The highest BCUT2D eigenvalue weighted by atomic mass is 19.1. The molecule has 0 aromatic heterocycles. The number of para-hydroxylation sites is 1. The number of anilines is 1. The Bertz CT molecular complexity index is 426. The molecule has 1 atom stereocenters. The van der Waals surface area contributed by atoms with Gasteiger partial charge in [-0.15, -0.1) is 0 Å². The van der Waals surface area contributed by atoms with Gasteiger partial charge in [-0.25, -0.2) is 9.18 Å². The number of amides is 2. The molecule has 1 aromatic carbocycles. The maximum Gasteiger partial charge on any atom is 0.321 e. The zero-order valence-electron chi connectivity index (χ0n) is 11.6. The molecule has 1 rings (SSSR count). The Labute approximate surface area is 108 Å². The largest absolute Gasteiger partial charge is 0.324 e. The minimum absolute atomic E-state index is 0.0265. The maximum absolute atomic E-state index is 13.4. The molecule has 4 heteroatoms. The summed E-state index contributed by atoms with van der Waals surface area (Å²) in [6.45, 7) is 8.15. The van der Waals surface area contributed by atoms with Crippen LogP contribution in [0.15, 0.2) is 24.3 Å². The lowest BCUT2D eigenvalue weighted by atomic mass is 9.87. The summed E-state index contributed by atoms with van der Waals surface area (Å²) in [4.78, 5) is 13.6. The predicted molar refractivity (Wildman–Crippen MR) is 72.1 cm³/mol. The van der Waals surface area contributed by atoms with Gasteiger partial charge in [-0.3, -0.25) is 0 Å². The predicted octanol–water partition coefficient (Wildman–Crippen LogP) is 3.72. The second-order valence-corrected chi connectivity index (χ2v) is 5.56. The second-order valence-electron chi connectivity index (χ2n) is 5.56. The number of nitrogens with zero attached hydrogens (tertiary/aromatic N) is 1. The number of hydrogen-bond acceptors (Lipinski definition) is 1. The third kappa shape index (κ3) is 3.45. The SMILES string of the molecule is CC(N(C)C(=O)Nc1ccccc1F)C(C)(C)C. The lowest BCUT2D eigenvalue weighted by molar-refractivity contribution is 0.156. The Balaban J connectivity index is 2.75. The van der Waals surface area contributed by atoms with Crippen molar-refractivity contribution in [2.24, 2.45) is 5.41 Å². The summed E-state index contributed by atoms with van der Waals surface area (Å²) < 4.78 is 13.4. The van der Waals surface area contributed by atoms with Crippen LogP contribution in [0.5, 0.6) is 0 Å². The van der Waals surface area contributed by atoms with Crippen LogP contribution in [-0.4, -0.2) is 24.0 Å². The van der Waals surface area contributed by atoms with Gasteiger partial charge in [0.25, 0.3) is 0 Å². The van der Waals surface area contributed by atoms with Gasteiger partial charge in [0.15, 0.2) is 0 Å². The van der Waals surface area contributed by atoms with E-state index in [0.29, 0.717) is 0 Å². The lowest BCUT2D eigenvalue weighted by Gasteiger charge is -2.35. The van der Waals surface area contributed by atoms with Gasteiger partial charge in [-0.05, 0) is 24.5 Å². The van der Waals surface area contributed by atoms with Crippen LogP contribution in [0.4, 0.5) is 14.9 Å². The molecule has 0 bridgehead atoms. The summed E-state index contributed by atoms with van der Waals surface area (Å²) in [7, 11) is 1.71. The summed E-state index contributed by atoms with van der Waals surface area (Å²) in [5.41, 5.74) is 0.178. The highest BCUT2D eigenvalue weighted by Crippen LogP contribution is 2.23. The van der Waals surface area contributed by atoms with E-state index < -0.39 is 5.82 Å². The van der Waals surface area contributed by atoms with Crippen LogP contribution in [0.1, 0.15) is 27.7 Å². The van der Waals surface area contributed by atoms with E-state index in [1.807, 2.05) is 6.92 Å². The smallest absolute Gasteiger partial charge is 0.321 e. The summed E-state index contributed by atoms with van der Waals surface area (Å²) in [5.74, 6) is -0.428. The van der Waals surface area contributed by atoms with Crippen molar-refractivity contribution < 1.29 is 9.18 Å². The number of halogens is 1. The van der Waals surface area contributed by atoms with E-state index in [1.165, 1.54) is 6.07 Å². The van der Waals surface area contributed by atoms with Gasteiger partial charge < -0.3 is 10.2 Å². The molecule has 0 heterocycles. The number of urea groups is 1. The number of hydrogen-bond donors (Lipinski definition) is 1. The van der Waals surface area contributed by atoms with Crippen LogP contribution in [0.2, 0.25) is 0 Å². The third-order valence-corrected chi connectivity index (χ3v) is 3.27. The molecule has 0 aliphatic carbocycles. The summed E-state index contributed by atoms with van der Waals surface area (Å²) in [6.07, 6.45) is 0. The van der Waals surface area contributed by atoms with Crippen molar-refractivity contribution >= 4 is 11.7 Å². The number of nitrogens with one attached hydrogen (secondary N) is 1. The first kappa shape index (κ1) is 14.5. The van der Waals surface area contributed by atoms with Crippen molar-refractivity contribution in [1.29, 1.82) is 0 Å².